The molecule has 0 spiro atoms. The van der Waals surface area contributed by atoms with Gasteiger partial charge in [-0.15, -0.1) is 0 Å². The van der Waals surface area contributed by atoms with Crippen molar-refractivity contribution in [2.45, 2.75) is 38.1 Å². The highest BCUT2D eigenvalue weighted by Gasteiger charge is 2.33. The van der Waals surface area contributed by atoms with Gasteiger partial charge in [0.15, 0.2) is 0 Å². The molecule has 0 atom stereocenters. The van der Waals surface area contributed by atoms with E-state index in [2.05, 4.69) is 22.2 Å². The Morgan fingerprint density at radius 1 is 1.42 bits per heavy atom. The van der Waals surface area contributed by atoms with Crippen molar-refractivity contribution >= 4 is 11.8 Å². The summed E-state index contributed by atoms with van der Waals surface area (Å²) in [4.78, 5) is 10.7. The monoisotopic (exact) mass is 263 g/mol. The highest BCUT2D eigenvalue weighted by molar-refractivity contribution is 5.42. The van der Waals surface area contributed by atoms with Gasteiger partial charge < -0.3 is 16.0 Å². The minimum atomic E-state index is 0.00441. The maximum Gasteiger partial charge on any atom is 0.226 e. The zero-order chi connectivity index (χ0) is 13.9. The molecule has 106 valence electrons. The normalized spacial score (nSPS) is 27.1. The summed E-state index contributed by atoms with van der Waals surface area (Å²) in [7, 11) is 3.89. The van der Waals surface area contributed by atoms with Crippen LogP contribution in [0.2, 0.25) is 0 Å². The van der Waals surface area contributed by atoms with Gasteiger partial charge >= 0.3 is 0 Å². The Morgan fingerprint density at radius 3 is 2.68 bits per heavy atom. The molecule has 0 aromatic carbocycles. The first-order valence-corrected chi connectivity index (χ1v) is 7.03. The third kappa shape index (κ3) is 3.35. The fraction of sp³-hybridized carbons (Fsp3) is 0.714. The molecule has 0 radical (unpaired) electrons. The Bertz CT molecular complexity index is 410. The molecule has 0 unspecified atom stereocenters. The largest absolute Gasteiger partial charge is 0.363 e. The SMILES string of the molecule is CC1CCC(CN)(Nc2ccnc(N(C)C)n2)CC1. The van der Waals surface area contributed by atoms with Crippen LogP contribution in [-0.4, -0.2) is 36.1 Å². The molecule has 1 saturated carbocycles. The molecule has 1 aromatic rings. The van der Waals surface area contributed by atoms with Gasteiger partial charge in [0, 0.05) is 26.8 Å². The number of hydrogen-bond acceptors (Lipinski definition) is 5. The number of hydrogen-bond donors (Lipinski definition) is 2. The lowest BCUT2D eigenvalue weighted by Crippen LogP contribution is -2.48. The molecule has 5 nitrogen and oxygen atoms in total. The Labute approximate surface area is 115 Å². The molecule has 2 rings (SSSR count). The van der Waals surface area contributed by atoms with E-state index in [0.717, 1.165) is 30.5 Å². The standard InChI is InChI=1S/C14H25N5/c1-11-4-7-14(10-15,8-5-11)18-12-6-9-16-13(17-12)19(2)3/h6,9,11H,4-5,7-8,10,15H2,1-3H3,(H,16,17,18). The molecule has 0 bridgehead atoms. The summed E-state index contributed by atoms with van der Waals surface area (Å²) >= 11 is 0. The predicted octanol–water partition coefficient (Wildman–Crippen LogP) is 1.86. The molecule has 0 amide bonds. The van der Waals surface area contributed by atoms with Crippen LogP contribution >= 0.6 is 0 Å². The molecule has 0 saturated heterocycles. The summed E-state index contributed by atoms with van der Waals surface area (Å²) in [6.45, 7) is 2.97. The zero-order valence-electron chi connectivity index (χ0n) is 12.2. The first-order valence-electron chi connectivity index (χ1n) is 7.03. The number of nitrogens with zero attached hydrogens (tertiary/aromatic N) is 3. The molecule has 1 heterocycles. The second kappa shape index (κ2) is 5.74. The van der Waals surface area contributed by atoms with Crippen LogP contribution in [-0.2, 0) is 0 Å². The van der Waals surface area contributed by atoms with E-state index in [9.17, 15) is 0 Å². The van der Waals surface area contributed by atoms with Crippen molar-refractivity contribution in [2.24, 2.45) is 11.7 Å². The lowest BCUT2D eigenvalue weighted by atomic mass is 9.77. The number of anilines is 2. The van der Waals surface area contributed by atoms with Gasteiger partial charge in [-0.3, -0.25) is 0 Å². The van der Waals surface area contributed by atoms with Crippen LogP contribution < -0.4 is 16.0 Å². The van der Waals surface area contributed by atoms with Crippen molar-refractivity contribution in [3.05, 3.63) is 12.3 Å². The molecule has 1 aromatic heterocycles. The molecule has 0 aliphatic heterocycles. The van der Waals surface area contributed by atoms with E-state index in [-0.39, 0.29) is 5.54 Å². The van der Waals surface area contributed by atoms with E-state index in [0.29, 0.717) is 6.54 Å². The van der Waals surface area contributed by atoms with Crippen molar-refractivity contribution in [1.82, 2.24) is 9.97 Å². The Hall–Kier alpha value is -1.36. The lowest BCUT2D eigenvalue weighted by molar-refractivity contribution is 0.271. The highest BCUT2D eigenvalue weighted by Crippen LogP contribution is 2.33. The minimum absolute atomic E-state index is 0.00441. The fourth-order valence-corrected chi connectivity index (χ4v) is 2.60. The smallest absolute Gasteiger partial charge is 0.226 e. The lowest BCUT2D eigenvalue weighted by Gasteiger charge is -2.39. The van der Waals surface area contributed by atoms with Crippen LogP contribution in [0.4, 0.5) is 11.8 Å². The maximum atomic E-state index is 6.01. The average Bonchev–Trinajstić information content (AvgIpc) is 2.42. The van der Waals surface area contributed by atoms with Gasteiger partial charge in [-0.25, -0.2) is 4.98 Å². The van der Waals surface area contributed by atoms with E-state index in [1.807, 2.05) is 25.1 Å². The Kier molecular flexibility index (Phi) is 4.24. The van der Waals surface area contributed by atoms with E-state index in [1.165, 1.54) is 12.8 Å². The first kappa shape index (κ1) is 14.1. The fourth-order valence-electron chi connectivity index (χ4n) is 2.60. The topological polar surface area (TPSA) is 67.1 Å². The summed E-state index contributed by atoms with van der Waals surface area (Å²) in [5, 5.41) is 3.56. The van der Waals surface area contributed by atoms with Crippen LogP contribution in [0.25, 0.3) is 0 Å². The van der Waals surface area contributed by atoms with Gasteiger partial charge in [0.1, 0.15) is 5.82 Å². The molecule has 5 heteroatoms. The van der Waals surface area contributed by atoms with Gasteiger partial charge in [-0.05, 0) is 37.7 Å². The van der Waals surface area contributed by atoms with Gasteiger partial charge in [-0.2, -0.15) is 4.98 Å². The van der Waals surface area contributed by atoms with Crippen LogP contribution in [0.3, 0.4) is 0 Å². The number of nitrogens with two attached hydrogens (primary N) is 1. The van der Waals surface area contributed by atoms with Gasteiger partial charge in [0.05, 0.1) is 5.54 Å². The van der Waals surface area contributed by atoms with Crippen molar-refractivity contribution in [2.75, 3.05) is 30.9 Å². The molecule has 3 N–H and O–H groups in total. The average molecular weight is 263 g/mol. The molecule has 1 aliphatic rings. The molecule has 1 aliphatic carbocycles. The number of aromatic nitrogens is 2. The third-order valence-corrected chi connectivity index (χ3v) is 4.06. The van der Waals surface area contributed by atoms with E-state index in [1.54, 1.807) is 6.20 Å². The summed E-state index contributed by atoms with van der Waals surface area (Å²) in [6, 6.07) is 1.92. The Morgan fingerprint density at radius 2 is 2.11 bits per heavy atom. The van der Waals surface area contributed by atoms with Crippen molar-refractivity contribution in [1.29, 1.82) is 0 Å². The maximum absolute atomic E-state index is 6.01. The second-order valence-corrected chi connectivity index (χ2v) is 5.93. The predicted molar refractivity (Wildman–Crippen MR) is 79.4 cm³/mol. The summed E-state index contributed by atoms with van der Waals surface area (Å²) in [6.07, 6.45) is 6.49. The van der Waals surface area contributed by atoms with Gasteiger partial charge in [-0.1, -0.05) is 6.92 Å². The minimum Gasteiger partial charge on any atom is -0.363 e. The van der Waals surface area contributed by atoms with Crippen LogP contribution in [0.5, 0.6) is 0 Å². The van der Waals surface area contributed by atoms with Gasteiger partial charge in [0.25, 0.3) is 0 Å². The first-order chi connectivity index (χ1) is 9.04. The molecular weight excluding hydrogens is 238 g/mol. The molecule has 19 heavy (non-hydrogen) atoms. The van der Waals surface area contributed by atoms with E-state index in [4.69, 9.17) is 5.73 Å². The summed E-state index contributed by atoms with van der Waals surface area (Å²) in [5.41, 5.74) is 6.02. The Balaban J connectivity index is 2.12. The summed E-state index contributed by atoms with van der Waals surface area (Å²) in [5.74, 6) is 2.41. The van der Waals surface area contributed by atoms with Crippen LogP contribution in [0.15, 0.2) is 12.3 Å². The van der Waals surface area contributed by atoms with Crippen LogP contribution in [0, 0.1) is 5.92 Å². The molecule has 1 fully saturated rings. The summed E-state index contributed by atoms with van der Waals surface area (Å²) < 4.78 is 0. The van der Waals surface area contributed by atoms with Gasteiger partial charge in [0.2, 0.25) is 5.95 Å². The number of nitrogens with one attached hydrogen (secondary N) is 1. The van der Waals surface area contributed by atoms with Crippen molar-refractivity contribution in [3.8, 4) is 0 Å². The number of rotatable bonds is 4. The van der Waals surface area contributed by atoms with Crippen LogP contribution in [0.1, 0.15) is 32.6 Å². The van der Waals surface area contributed by atoms with E-state index < -0.39 is 0 Å². The van der Waals surface area contributed by atoms with E-state index >= 15 is 0 Å². The third-order valence-electron chi connectivity index (χ3n) is 4.06. The van der Waals surface area contributed by atoms with Crippen molar-refractivity contribution < 1.29 is 0 Å². The van der Waals surface area contributed by atoms with Crippen molar-refractivity contribution in [3.63, 3.8) is 0 Å². The second-order valence-electron chi connectivity index (χ2n) is 5.93. The zero-order valence-corrected chi connectivity index (χ0v) is 12.2. The molecular formula is C14H25N5. The quantitative estimate of drug-likeness (QED) is 0.868. The highest BCUT2D eigenvalue weighted by atomic mass is 15.2.